The lowest BCUT2D eigenvalue weighted by molar-refractivity contribution is -0.143. The van der Waals surface area contributed by atoms with Crippen molar-refractivity contribution in [1.29, 1.82) is 0 Å². The van der Waals surface area contributed by atoms with Crippen molar-refractivity contribution in [2.45, 2.75) is 115 Å². The van der Waals surface area contributed by atoms with E-state index in [9.17, 15) is 14.3 Å². The Morgan fingerprint density at radius 2 is 1.88 bits per heavy atom. The number of carboxylic acid groups (broad SMARTS) is 1. The number of carbonyl (C=O) groups is 1. The number of likely N-dealkylation sites (N-methyl/N-ethyl adjacent to an activating group) is 1. The Labute approximate surface area is 257 Å². The molecule has 0 unspecified atom stereocenters. The summed E-state index contributed by atoms with van der Waals surface area (Å²) in [7, 11) is 4.07. The van der Waals surface area contributed by atoms with Crippen LogP contribution in [0.3, 0.4) is 0 Å². The number of likely N-dealkylation sites (tertiary alicyclic amines) is 1. The van der Waals surface area contributed by atoms with Crippen LogP contribution in [0.4, 0.5) is 4.39 Å². The average Bonchev–Trinajstić information content (AvgIpc) is 3.30. The van der Waals surface area contributed by atoms with Crippen molar-refractivity contribution in [3.63, 3.8) is 0 Å². The highest BCUT2D eigenvalue weighted by Crippen LogP contribution is 2.41. The van der Waals surface area contributed by atoms with E-state index in [1.54, 1.807) is 6.07 Å². The molecule has 0 radical (unpaired) electrons. The minimum atomic E-state index is -0.838. The largest absolute Gasteiger partial charge is 0.480 e. The van der Waals surface area contributed by atoms with Crippen molar-refractivity contribution < 1.29 is 19.0 Å². The van der Waals surface area contributed by atoms with Crippen molar-refractivity contribution in [3.05, 3.63) is 69.5 Å². The normalized spacial score (nSPS) is 23.3. The molecule has 1 heterocycles. The molecule has 1 N–H and O–H groups in total. The van der Waals surface area contributed by atoms with Crippen molar-refractivity contribution in [2.75, 3.05) is 27.2 Å². The molecule has 0 aromatic heterocycles. The Hall–Kier alpha value is -1.99. The maximum Gasteiger partial charge on any atom is 0.325 e. The second kappa shape index (κ2) is 14.2. The van der Waals surface area contributed by atoms with Gasteiger partial charge in [-0.2, -0.15) is 0 Å². The molecule has 1 saturated carbocycles. The smallest absolute Gasteiger partial charge is 0.325 e. The molecule has 1 aliphatic carbocycles. The van der Waals surface area contributed by atoms with Gasteiger partial charge in [-0.3, -0.25) is 9.69 Å². The molecule has 0 amide bonds. The van der Waals surface area contributed by atoms with Gasteiger partial charge in [0.05, 0.1) is 11.7 Å². The third-order valence-corrected chi connectivity index (χ3v) is 9.56. The molecule has 2 aromatic rings. The van der Waals surface area contributed by atoms with Crippen LogP contribution in [0.15, 0.2) is 36.4 Å². The van der Waals surface area contributed by atoms with Crippen LogP contribution in [-0.4, -0.2) is 65.8 Å². The van der Waals surface area contributed by atoms with Gasteiger partial charge in [-0.15, -0.1) is 0 Å². The summed E-state index contributed by atoms with van der Waals surface area (Å²) in [5, 5.41) is 11.0. The zero-order valence-electron chi connectivity index (χ0n) is 26.3. The Bertz CT molecular complexity index is 1190. The van der Waals surface area contributed by atoms with Crippen LogP contribution in [-0.2, 0) is 9.53 Å². The number of aliphatic carboxylic acids is 1. The van der Waals surface area contributed by atoms with E-state index in [2.05, 4.69) is 45.7 Å². The van der Waals surface area contributed by atoms with Crippen LogP contribution < -0.4 is 0 Å². The van der Waals surface area contributed by atoms with Crippen LogP contribution in [0.25, 0.3) is 0 Å². The predicted molar refractivity (Wildman–Crippen MR) is 169 cm³/mol. The molecule has 42 heavy (non-hydrogen) atoms. The van der Waals surface area contributed by atoms with Gasteiger partial charge in [0.1, 0.15) is 11.9 Å². The maximum absolute atomic E-state index is 14.4. The van der Waals surface area contributed by atoms with Gasteiger partial charge in [0.15, 0.2) is 0 Å². The first kappa shape index (κ1) is 32.9. The molecule has 4 rings (SSSR count). The predicted octanol–water partition coefficient (Wildman–Crippen LogP) is 8.34. The second-order valence-corrected chi connectivity index (χ2v) is 14.1. The van der Waals surface area contributed by atoms with Crippen LogP contribution >= 0.6 is 11.6 Å². The van der Waals surface area contributed by atoms with Gasteiger partial charge < -0.3 is 14.7 Å². The van der Waals surface area contributed by atoms with Crippen molar-refractivity contribution in [2.24, 2.45) is 0 Å². The van der Waals surface area contributed by atoms with Crippen LogP contribution in [0, 0.1) is 12.7 Å². The van der Waals surface area contributed by atoms with Crippen LogP contribution in [0.1, 0.15) is 112 Å². The first-order valence-electron chi connectivity index (χ1n) is 15.7. The summed E-state index contributed by atoms with van der Waals surface area (Å²) >= 11 is 6.27. The summed E-state index contributed by atoms with van der Waals surface area (Å²) in [6.07, 6.45) is 8.11. The molecule has 2 aliphatic rings. The van der Waals surface area contributed by atoms with E-state index < -0.39 is 12.0 Å². The number of hydrogen-bond donors (Lipinski definition) is 1. The molecular formula is C35H50ClFN2O3. The lowest BCUT2D eigenvalue weighted by atomic mass is 9.77. The van der Waals surface area contributed by atoms with E-state index >= 15 is 0 Å². The highest BCUT2D eigenvalue weighted by atomic mass is 35.5. The van der Waals surface area contributed by atoms with Gasteiger partial charge in [0, 0.05) is 11.1 Å². The van der Waals surface area contributed by atoms with Gasteiger partial charge in [-0.25, -0.2) is 4.39 Å². The summed E-state index contributed by atoms with van der Waals surface area (Å²) in [6.45, 7) is 10.1. The topological polar surface area (TPSA) is 53.0 Å². The van der Waals surface area contributed by atoms with Gasteiger partial charge in [-0.1, -0.05) is 29.8 Å². The summed E-state index contributed by atoms with van der Waals surface area (Å²) in [4.78, 5) is 17.2. The van der Waals surface area contributed by atoms with Gasteiger partial charge >= 0.3 is 5.97 Å². The van der Waals surface area contributed by atoms with E-state index in [0.717, 1.165) is 68.2 Å². The van der Waals surface area contributed by atoms with E-state index in [1.807, 2.05) is 30.1 Å². The zero-order valence-corrected chi connectivity index (χ0v) is 27.1. The minimum Gasteiger partial charge on any atom is -0.480 e. The molecule has 232 valence electrons. The molecule has 1 saturated heterocycles. The highest BCUT2D eigenvalue weighted by molar-refractivity contribution is 6.30. The zero-order chi connectivity index (χ0) is 30.6. The van der Waals surface area contributed by atoms with Gasteiger partial charge in [0.2, 0.25) is 0 Å². The van der Waals surface area contributed by atoms with Gasteiger partial charge in [0.25, 0.3) is 0 Å². The third-order valence-electron chi connectivity index (χ3n) is 9.34. The number of rotatable bonds is 11. The molecule has 5 nitrogen and oxygen atoms in total. The van der Waals surface area contributed by atoms with Gasteiger partial charge in [-0.05, 0) is 159 Å². The number of nitrogens with zero attached hydrogens (tertiary/aromatic N) is 2. The molecule has 1 aliphatic heterocycles. The second-order valence-electron chi connectivity index (χ2n) is 13.7. The fraction of sp³-hybridized carbons (Fsp3) is 0.629. The highest BCUT2D eigenvalue weighted by Gasteiger charge is 2.34. The van der Waals surface area contributed by atoms with E-state index in [4.69, 9.17) is 16.3 Å². The number of aryl methyl sites for hydroxylation is 1. The fourth-order valence-electron chi connectivity index (χ4n) is 7.35. The van der Waals surface area contributed by atoms with Crippen molar-refractivity contribution in [3.8, 4) is 0 Å². The number of benzene rings is 2. The number of halogens is 2. The molecule has 2 aromatic carbocycles. The quantitative estimate of drug-likeness (QED) is 0.281. The van der Waals surface area contributed by atoms with E-state index in [1.165, 1.54) is 18.1 Å². The van der Waals surface area contributed by atoms with Crippen LogP contribution in [0.5, 0.6) is 0 Å². The molecule has 0 spiro atoms. The Morgan fingerprint density at radius 1 is 1.17 bits per heavy atom. The average molecular weight is 601 g/mol. The first-order chi connectivity index (χ1) is 19.8. The Morgan fingerprint density at radius 3 is 2.48 bits per heavy atom. The summed E-state index contributed by atoms with van der Waals surface area (Å²) in [5.41, 5.74) is 3.97. The number of carboxylic acids is 1. The molecule has 3 atom stereocenters. The minimum absolute atomic E-state index is 0.0794. The lowest BCUT2D eigenvalue weighted by Crippen LogP contribution is -2.35. The first-order valence-corrected chi connectivity index (χ1v) is 16.1. The Kier molecular flexibility index (Phi) is 11.1. The van der Waals surface area contributed by atoms with Crippen molar-refractivity contribution >= 4 is 17.6 Å². The summed E-state index contributed by atoms with van der Waals surface area (Å²) in [6, 6.07) is 10.6. The third kappa shape index (κ3) is 8.56. The SMILES string of the molecule is Cc1cccc([C@@H](C(=O)O)N(C)CC[C@@H](C[C@@H]2CCCN2C)c2cc(F)cc(Cl)c2)c1C1CCC(OC(C)(C)C)CC1. The summed E-state index contributed by atoms with van der Waals surface area (Å²) < 4.78 is 20.7. The maximum atomic E-state index is 14.4. The Balaban J connectivity index is 1.54. The number of ether oxygens (including phenoxy) is 1. The lowest BCUT2D eigenvalue weighted by Gasteiger charge is -2.36. The fourth-order valence-corrected chi connectivity index (χ4v) is 7.58. The number of hydrogen-bond acceptors (Lipinski definition) is 4. The molecule has 0 bridgehead atoms. The standard InChI is InChI=1S/C35H50ClFN2O3/c1-23-9-7-11-31(32(23)24-12-14-30(15-13-24)42-35(2,3)4)33(34(40)41)39(6)18-16-25(21-29-10-8-17-38(29)5)26-19-27(36)22-28(37)20-26/h7,9,11,19-20,22,24-25,29-30,33H,8,10,12-18,21H2,1-6H3,(H,40,41)/t24?,25-,29-,30?,33-/m0/s1. The molecule has 2 fully saturated rings. The molecular weight excluding hydrogens is 551 g/mol. The van der Waals surface area contributed by atoms with Crippen LogP contribution in [0.2, 0.25) is 5.02 Å². The molecule has 7 heteroatoms. The van der Waals surface area contributed by atoms with E-state index in [-0.39, 0.29) is 23.4 Å². The van der Waals surface area contributed by atoms with Crippen molar-refractivity contribution in [1.82, 2.24) is 9.80 Å². The van der Waals surface area contributed by atoms with E-state index in [0.29, 0.717) is 23.5 Å². The monoisotopic (exact) mass is 600 g/mol. The summed E-state index contributed by atoms with van der Waals surface area (Å²) in [5.74, 6) is -0.770.